The average molecular weight is 229 g/mol. The molecule has 1 aromatic rings. The van der Waals surface area contributed by atoms with Crippen LogP contribution in [0.4, 0.5) is 5.69 Å². The lowest BCUT2D eigenvalue weighted by molar-refractivity contribution is 0.0508. The molecule has 0 fully saturated rings. The molecule has 0 aliphatic carbocycles. The Morgan fingerprint density at radius 1 is 1.47 bits per heavy atom. The number of anilines is 1. The second kappa shape index (κ2) is 4.79. The van der Waals surface area contributed by atoms with Gasteiger partial charge in [0.25, 0.3) is 0 Å². The number of esters is 2. The molecule has 0 unspecified atom stereocenters. The van der Waals surface area contributed by atoms with Crippen molar-refractivity contribution in [1.82, 2.24) is 0 Å². The van der Waals surface area contributed by atoms with Crippen molar-refractivity contribution in [3.63, 3.8) is 0 Å². The third kappa shape index (κ3) is 2.27. The molecule has 2 N–H and O–H groups in total. The molecule has 0 bridgehead atoms. The van der Waals surface area contributed by atoms with Gasteiger partial charge >= 0.3 is 11.9 Å². The zero-order chi connectivity index (χ0) is 11.4. The van der Waals surface area contributed by atoms with E-state index in [4.69, 9.17) is 10.5 Å². The van der Waals surface area contributed by atoms with E-state index in [1.165, 1.54) is 12.5 Å². The van der Waals surface area contributed by atoms with E-state index in [0.717, 1.165) is 11.3 Å². The first-order valence-corrected chi connectivity index (χ1v) is 5.12. The van der Waals surface area contributed by atoms with Crippen LogP contribution in [0, 0.1) is 0 Å². The van der Waals surface area contributed by atoms with Crippen LogP contribution in [-0.4, -0.2) is 25.7 Å². The van der Waals surface area contributed by atoms with Gasteiger partial charge in [-0.3, -0.25) is 0 Å². The van der Waals surface area contributed by atoms with Gasteiger partial charge < -0.3 is 15.2 Å². The molecule has 0 atom stereocenters. The molecule has 1 rings (SSSR count). The number of hydrogen-bond acceptors (Lipinski definition) is 6. The van der Waals surface area contributed by atoms with Gasteiger partial charge in [-0.05, 0) is 6.92 Å². The SMILES string of the molecule is CCOC(=O)c1c(N)csc1C(=O)OC. The third-order valence-corrected chi connectivity index (χ3v) is 2.65. The zero-order valence-electron chi connectivity index (χ0n) is 8.40. The van der Waals surface area contributed by atoms with Crippen molar-refractivity contribution in [1.29, 1.82) is 0 Å². The Labute approximate surface area is 90.8 Å². The van der Waals surface area contributed by atoms with Gasteiger partial charge in [-0.25, -0.2) is 9.59 Å². The average Bonchev–Trinajstić information content (AvgIpc) is 2.59. The topological polar surface area (TPSA) is 78.6 Å². The fourth-order valence-corrected chi connectivity index (χ4v) is 1.89. The van der Waals surface area contributed by atoms with E-state index >= 15 is 0 Å². The smallest absolute Gasteiger partial charge is 0.349 e. The van der Waals surface area contributed by atoms with Crippen molar-refractivity contribution in [3.8, 4) is 0 Å². The highest BCUT2D eigenvalue weighted by Gasteiger charge is 2.23. The van der Waals surface area contributed by atoms with E-state index < -0.39 is 11.9 Å². The van der Waals surface area contributed by atoms with Gasteiger partial charge in [-0.1, -0.05) is 0 Å². The van der Waals surface area contributed by atoms with E-state index in [9.17, 15) is 9.59 Å². The van der Waals surface area contributed by atoms with E-state index in [2.05, 4.69) is 4.74 Å². The van der Waals surface area contributed by atoms with E-state index in [1.54, 1.807) is 6.92 Å². The van der Waals surface area contributed by atoms with Crippen molar-refractivity contribution in [3.05, 3.63) is 15.8 Å². The minimum atomic E-state index is -0.600. The molecule has 15 heavy (non-hydrogen) atoms. The first kappa shape index (κ1) is 11.5. The summed E-state index contributed by atoms with van der Waals surface area (Å²) in [6.45, 7) is 1.91. The molecule has 0 saturated heterocycles. The number of nitrogens with two attached hydrogens (primary N) is 1. The molecule has 0 spiro atoms. The van der Waals surface area contributed by atoms with Gasteiger partial charge in [-0.15, -0.1) is 11.3 Å². The maximum Gasteiger partial charge on any atom is 0.349 e. The molecular weight excluding hydrogens is 218 g/mol. The van der Waals surface area contributed by atoms with Gasteiger partial charge in [0.05, 0.1) is 19.4 Å². The summed E-state index contributed by atoms with van der Waals surface area (Å²) in [4.78, 5) is 22.9. The Balaban J connectivity index is 3.09. The standard InChI is InChI=1S/C9H11NO4S/c1-3-14-8(11)6-5(10)4-15-7(6)9(12)13-2/h4H,3,10H2,1-2H3. The molecule has 0 aromatic carbocycles. The van der Waals surface area contributed by atoms with Crippen molar-refractivity contribution < 1.29 is 19.1 Å². The van der Waals surface area contributed by atoms with Gasteiger partial charge in [0.2, 0.25) is 0 Å². The Morgan fingerprint density at radius 2 is 2.13 bits per heavy atom. The molecule has 0 aliphatic rings. The number of methoxy groups -OCH3 is 1. The lowest BCUT2D eigenvalue weighted by Crippen LogP contribution is -2.11. The number of carbonyl (C=O) groups excluding carboxylic acids is 2. The molecule has 82 valence electrons. The van der Waals surface area contributed by atoms with Crippen LogP contribution in [0.3, 0.4) is 0 Å². The summed E-state index contributed by atoms with van der Waals surface area (Å²) in [5.41, 5.74) is 5.89. The van der Waals surface area contributed by atoms with Crippen LogP contribution >= 0.6 is 11.3 Å². The van der Waals surface area contributed by atoms with Crippen molar-refractivity contribution >= 4 is 29.0 Å². The quantitative estimate of drug-likeness (QED) is 0.790. The highest BCUT2D eigenvalue weighted by molar-refractivity contribution is 7.13. The van der Waals surface area contributed by atoms with Crippen LogP contribution < -0.4 is 5.73 Å². The summed E-state index contributed by atoms with van der Waals surface area (Å²) in [6, 6.07) is 0. The van der Waals surface area contributed by atoms with Crippen LogP contribution in [0.5, 0.6) is 0 Å². The Morgan fingerprint density at radius 3 is 2.67 bits per heavy atom. The van der Waals surface area contributed by atoms with Crippen LogP contribution in [0.25, 0.3) is 0 Å². The van der Waals surface area contributed by atoms with E-state index in [-0.39, 0.29) is 22.7 Å². The minimum Gasteiger partial charge on any atom is -0.465 e. The number of carbonyl (C=O) groups is 2. The molecule has 1 heterocycles. The molecule has 5 nitrogen and oxygen atoms in total. The molecule has 0 radical (unpaired) electrons. The fourth-order valence-electron chi connectivity index (χ4n) is 1.03. The normalized spacial score (nSPS) is 9.73. The summed E-state index contributed by atoms with van der Waals surface area (Å²) < 4.78 is 9.31. The lowest BCUT2D eigenvalue weighted by atomic mass is 10.2. The number of ether oxygens (including phenoxy) is 2. The number of hydrogen-bond donors (Lipinski definition) is 1. The first-order chi connectivity index (χ1) is 7.11. The highest BCUT2D eigenvalue weighted by atomic mass is 32.1. The summed E-state index contributed by atoms with van der Waals surface area (Å²) in [7, 11) is 1.24. The molecule has 0 aliphatic heterocycles. The van der Waals surface area contributed by atoms with E-state index in [1.807, 2.05) is 0 Å². The van der Waals surface area contributed by atoms with Crippen molar-refractivity contribution in [2.45, 2.75) is 6.92 Å². The van der Waals surface area contributed by atoms with Gasteiger partial charge in [0, 0.05) is 5.38 Å². The first-order valence-electron chi connectivity index (χ1n) is 4.24. The zero-order valence-corrected chi connectivity index (χ0v) is 9.22. The Kier molecular flexibility index (Phi) is 3.68. The maximum atomic E-state index is 11.5. The van der Waals surface area contributed by atoms with Crippen LogP contribution in [0.15, 0.2) is 5.38 Å². The molecule has 0 amide bonds. The summed E-state index contributed by atoms with van der Waals surface area (Å²) >= 11 is 1.06. The van der Waals surface area contributed by atoms with Gasteiger partial charge in [0.1, 0.15) is 10.4 Å². The molecule has 6 heteroatoms. The monoisotopic (exact) mass is 229 g/mol. The Hall–Kier alpha value is -1.56. The van der Waals surface area contributed by atoms with Crippen LogP contribution in [-0.2, 0) is 9.47 Å². The summed E-state index contributed by atoms with van der Waals surface area (Å²) in [5.74, 6) is -1.18. The predicted octanol–water partition coefficient (Wildman–Crippen LogP) is 1.29. The second-order valence-corrected chi connectivity index (χ2v) is 3.49. The molecule has 1 aromatic heterocycles. The number of thiophene rings is 1. The third-order valence-electron chi connectivity index (χ3n) is 1.67. The maximum absolute atomic E-state index is 11.5. The second-order valence-electron chi connectivity index (χ2n) is 2.61. The number of rotatable bonds is 3. The highest BCUT2D eigenvalue weighted by Crippen LogP contribution is 2.26. The molecule has 0 saturated carbocycles. The molecular formula is C9H11NO4S. The van der Waals surface area contributed by atoms with Crippen molar-refractivity contribution in [2.24, 2.45) is 0 Å². The largest absolute Gasteiger partial charge is 0.465 e. The van der Waals surface area contributed by atoms with Crippen molar-refractivity contribution in [2.75, 3.05) is 19.5 Å². The predicted molar refractivity (Wildman–Crippen MR) is 56.0 cm³/mol. The summed E-state index contributed by atoms with van der Waals surface area (Å²) in [6.07, 6.45) is 0. The Bertz CT molecular complexity index is 385. The lowest BCUT2D eigenvalue weighted by Gasteiger charge is -2.03. The van der Waals surface area contributed by atoms with Gasteiger partial charge in [-0.2, -0.15) is 0 Å². The summed E-state index contributed by atoms with van der Waals surface area (Å²) in [5, 5.41) is 1.51. The van der Waals surface area contributed by atoms with Gasteiger partial charge in [0.15, 0.2) is 0 Å². The van der Waals surface area contributed by atoms with Crippen LogP contribution in [0.1, 0.15) is 27.0 Å². The minimum absolute atomic E-state index is 0.0914. The fraction of sp³-hybridized carbons (Fsp3) is 0.333. The number of nitrogen functional groups attached to an aromatic ring is 1. The van der Waals surface area contributed by atoms with E-state index in [0.29, 0.717) is 0 Å². The van der Waals surface area contributed by atoms with Crippen LogP contribution in [0.2, 0.25) is 0 Å².